The molecule has 7 heteroatoms. The zero-order chi connectivity index (χ0) is 17.6. The van der Waals surface area contributed by atoms with Crippen molar-refractivity contribution in [2.75, 3.05) is 39.6 Å². The van der Waals surface area contributed by atoms with Gasteiger partial charge in [-0.3, -0.25) is 14.5 Å². The van der Waals surface area contributed by atoms with E-state index in [2.05, 4.69) is 5.32 Å². The van der Waals surface area contributed by atoms with Gasteiger partial charge in [-0.1, -0.05) is 11.6 Å². The molecule has 0 aromatic heterocycles. The van der Waals surface area contributed by atoms with Crippen LogP contribution in [0.15, 0.2) is 18.2 Å². The van der Waals surface area contributed by atoms with E-state index in [4.69, 9.17) is 16.3 Å². The standard InChI is InChI=1S/C16H24ClN3O3/c1-11(2)20(4)16(22)10-19(3)9-15(21)18-13-8-12(17)6-7-14(13)23-5/h6-8,11H,9-10H2,1-5H3,(H,18,21). The minimum absolute atomic E-state index is 0.0318. The summed E-state index contributed by atoms with van der Waals surface area (Å²) in [5, 5.41) is 3.25. The number of anilines is 1. The third kappa shape index (κ3) is 6.08. The van der Waals surface area contributed by atoms with E-state index in [0.29, 0.717) is 16.5 Å². The molecule has 0 aliphatic rings. The second-order valence-corrected chi connectivity index (χ2v) is 6.10. The molecule has 0 atom stereocenters. The highest BCUT2D eigenvalue weighted by Gasteiger charge is 2.16. The molecule has 0 heterocycles. The maximum absolute atomic E-state index is 12.1. The molecule has 1 aromatic rings. The summed E-state index contributed by atoms with van der Waals surface area (Å²) >= 11 is 5.93. The number of ether oxygens (including phenoxy) is 1. The summed E-state index contributed by atoms with van der Waals surface area (Å²) in [6.45, 7) is 4.15. The number of likely N-dealkylation sites (N-methyl/N-ethyl adjacent to an activating group) is 2. The Morgan fingerprint density at radius 3 is 2.48 bits per heavy atom. The second-order valence-electron chi connectivity index (χ2n) is 5.66. The van der Waals surface area contributed by atoms with Gasteiger partial charge in [0.15, 0.2) is 0 Å². The van der Waals surface area contributed by atoms with Crippen molar-refractivity contribution in [3.63, 3.8) is 0 Å². The maximum atomic E-state index is 12.1. The molecule has 0 saturated heterocycles. The van der Waals surface area contributed by atoms with Crippen LogP contribution in [0.25, 0.3) is 0 Å². The van der Waals surface area contributed by atoms with E-state index in [1.807, 2.05) is 13.8 Å². The van der Waals surface area contributed by atoms with Crippen molar-refractivity contribution in [1.29, 1.82) is 0 Å². The van der Waals surface area contributed by atoms with Gasteiger partial charge in [-0.15, -0.1) is 0 Å². The number of nitrogens with zero attached hydrogens (tertiary/aromatic N) is 2. The molecule has 2 amide bonds. The van der Waals surface area contributed by atoms with Crippen molar-refractivity contribution in [3.8, 4) is 5.75 Å². The summed E-state index contributed by atoms with van der Waals surface area (Å²) in [7, 11) is 4.99. The number of hydrogen-bond acceptors (Lipinski definition) is 4. The molecule has 0 saturated carbocycles. The predicted octanol–water partition coefficient (Wildman–Crippen LogP) is 2.09. The van der Waals surface area contributed by atoms with Crippen LogP contribution < -0.4 is 10.1 Å². The summed E-state index contributed by atoms with van der Waals surface area (Å²) in [4.78, 5) is 27.4. The third-order valence-corrected chi connectivity index (χ3v) is 3.66. The predicted molar refractivity (Wildman–Crippen MR) is 92.0 cm³/mol. The average molecular weight is 342 g/mol. The molecular weight excluding hydrogens is 318 g/mol. The van der Waals surface area contributed by atoms with Crippen molar-refractivity contribution in [2.24, 2.45) is 0 Å². The number of benzene rings is 1. The fourth-order valence-corrected chi connectivity index (χ4v) is 2.07. The van der Waals surface area contributed by atoms with Crippen LogP contribution in [-0.2, 0) is 9.59 Å². The molecule has 23 heavy (non-hydrogen) atoms. The molecule has 0 spiro atoms. The van der Waals surface area contributed by atoms with Crippen LogP contribution in [0.3, 0.4) is 0 Å². The van der Waals surface area contributed by atoms with Crippen LogP contribution in [0.4, 0.5) is 5.69 Å². The number of hydrogen-bond donors (Lipinski definition) is 1. The molecule has 128 valence electrons. The van der Waals surface area contributed by atoms with Gasteiger partial charge < -0.3 is 15.0 Å². The van der Waals surface area contributed by atoms with Gasteiger partial charge in [0, 0.05) is 18.1 Å². The minimum Gasteiger partial charge on any atom is -0.495 e. The van der Waals surface area contributed by atoms with Crippen molar-refractivity contribution in [3.05, 3.63) is 23.2 Å². The number of halogens is 1. The highest BCUT2D eigenvalue weighted by atomic mass is 35.5. The van der Waals surface area contributed by atoms with Gasteiger partial charge in [0.05, 0.1) is 25.9 Å². The quantitative estimate of drug-likeness (QED) is 0.825. The van der Waals surface area contributed by atoms with E-state index < -0.39 is 0 Å². The van der Waals surface area contributed by atoms with Gasteiger partial charge in [-0.05, 0) is 39.1 Å². The monoisotopic (exact) mass is 341 g/mol. The molecule has 0 fully saturated rings. The average Bonchev–Trinajstić information content (AvgIpc) is 2.46. The normalized spacial score (nSPS) is 10.8. The summed E-state index contributed by atoms with van der Waals surface area (Å²) < 4.78 is 5.18. The first-order valence-corrected chi connectivity index (χ1v) is 7.70. The van der Waals surface area contributed by atoms with E-state index in [9.17, 15) is 9.59 Å². The SMILES string of the molecule is COc1ccc(Cl)cc1NC(=O)CN(C)CC(=O)N(C)C(C)C. The van der Waals surface area contributed by atoms with Crippen molar-refractivity contribution in [1.82, 2.24) is 9.80 Å². The van der Waals surface area contributed by atoms with Gasteiger partial charge in [-0.2, -0.15) is 0 Å². The molecule has 0 unspecified atom stereocenters. The number of rotatable bonds is 7. The first-order chi connectivity index (χ1) is 10.7. The molecule has 1 aromatic carbocycles. The van der Waals surface area contributed by atoms with E-state index in [1.165, 1.54) is 7.11 Å². The second kappa shape index (κ2) is 8.74. The van der Waals surface area contributed by atoms with E-state index >= 15 is 0 Å². The first kappa shape index (κ1) is 19.3. The molecule has 1 N–H and O–H groups in total. The summed E-state index contributed by atoms with van der Waals surface area (Å²) in [6.07, 6.45) is 0. The van der Waals surface area contributed by atoms with Crippen molar-refractivity contribution in [2.45, 2.75) is 19.9 Å². The largest absolute Gasteiger partial charge is 0.495 e. The molecule has 1 rings (SSSR count). The zero-order valence-electron chi connectivity index (χ0n) is 14.2. The van der Waals surface area contributed by atoms with Gasteiger partial charge >= 0.3 is 0 Å². The first-order valence-electron chi connectivity index (χ1n) is 7.32. The van der Waals surface area contributed by atoms with Crippen LogP contribution >= 0.6 is 11.6 Å². The summed E-state index contributed by atoms with van der Waals surface area (Å²) in [5.41, 5.74) is 0.504. The van der Waals surface area contributed by atoms with Crippen molar-refractivity contribution >= 4 is 29.1 Å². The Labute approximate surface area is 142 Å². The van der Waals surface area contributed by atoms with E-state index in [0.717, 1.165) is 0 Å². The number of carbonyl (C=O) groups is 2. The smallest absolute Gasteiger partial charge is 0.238 e. The Bertz CT molecular complexity index is 564. The molecule has 6 nitrogen and oxygen atoms in total. The van der Waals surface area contributed by atoms with Crippen LogP contribution in [0.2, 0.25) is 5.02 Å². The van der Waals surface area contributed by atoms with Gasteiger partial charge in [0.1, 0.15) is 5.75 Å². The molecular formula is C16H24ClN3O3. The topological polar surface area (TPSA) is 61.9 Å². The number of methoxy groups -OCH3 is 1. The summed E-state index contributed by atoms with van der Waals surface area (Å²) in [5.74, 6) is 0.254. The van der Waals surface area contributed by atoms with Crippen LogP contribution in [0.5, 0.6) is 5.75 Å². The molecule has 0 aliphatic carbocycles. The lowest BCUT2D eigenvalue weighted by Gasteiger charge is -2.24. The van der Waals surface area contributed by atoms with Gasteiger partial charge in [-0.25, -0.2) is 0 Å². The molecule has 0 radical (unpaired) electrons. The van der Waals surface area contributed by atoms with Gasteiger partial charge in [0.25, 0.3) is 0 Å². The van der Waals surface area contributed by atoms with Crippen LogP contribution in [0, 0.1) is 0 Å². The van der Waals surface area contributed by atoms with E-state index in [1.54, 1.807) is 42.1 Å². The number of nitrogens with one attached hydrogen (secondary N) is 1. The lowest BCUT2D eigenvalue weighted by molar-refractivity contribution is -0.132. The lowest BCUT2D eigenvalue weighted by atomic mass is 10.3. The number of carbonyl (C=O) groups excluding carboxylic acids is 2. The van der Waals surface area contributed by atoms with Crippen LogP contribution in [0.1, 0.15) is 13.8 Å². The van der Waals surface area contributed by atoms with E-state index in [-0.39, 0.29) is 30.9 Å². The lowest BCUT2D eigenvalue weighted by Crippen LogP contribution is -2.42. The van der Waals surface area contributed by atoms with Crippen LogP contribution in [-0.4, -0.2) is 62.0 Å². The Balaban J connectivity index is 2.60. The Hall–Kier alpha value is -1.79. The highest BCUT2D eigenvalue weighted by molar-refractivity contribution is 6.31. The van der Waals surface area contributed by atoms with Crippen molar-refractivity contribution < 1.29 is 14.3 Å². The third-order valence-electron chi connectivity index (χ3n) is 3.42. The minimum atomic E-state index is -0.243. The molecule has 0 aliphatic heterocycles. The maximum Gasteiger partial charge on any atom is 0.238 e. The Kier molecular flexibility index (Phi) is 7.32. The van der Waals surface area contributed by atoms with Gasteiger partial charge in [0.2, 0.25) is 11.8 Å². The Morgan fingerprint density at radius 2 is 1.91 bits per heavy atom. The molecule has 0 bridgehead atoms. The fraction of sp³-hybridized carbons (Fsp3) is 0.500. The number of amides is 2. The Morgan fingerprint density at radius 1 is 1.26 bits per heavy atom. The highest BCUT2D eigenvalue weighted by Crippen LogP contribution is 2.27. The zero-order valence-corrected chi connectivity index (χ0v) is 15.0. The fourth-order valence-electron chi connectivity index (χ4n) is 1.90. The summed E-state index contributed by atoms with van der Waals surface area (Å²) in [6, 6.07) is 5.11.